The van der Waals surface area contributed by atoms with Crippen molar-refractivity contribution in [3.8, 4) is 78.6 Å². The van der Waals surface area contributed by atoms with Crippen molar-refractivity contribution in [3.05, 3.63) is 230 Å². The number of carbonyl (C=O) groups excluding carboxylic acids is 4. The quantitative estimate of drug-likeness (QED) is 0.0165. The van der Waals surface area contributed by atoms with E-state index in [4.69, 9.17) is 62.6 Å². The Labute approximate surface area is 787 Å². The summed E-state index contributed by atoms with van der Waals surface area (Å²) in [5.41, 5.74) is 32.0. The molecule has 9 aromatic carbocycles. The van der Waals surface area contributed by atoms with Crippen molar-refractivity contribution in [3.63, 3.8) is 0 Å². The average Bonchev–Trinajstić information content (AvgIpc) is 1.70. The SMILES string of the molecule is COC(=O)C(OC(C)(C)C)c1c(C)cc(-c2ccccc2)c(C2CC2)c1-c1ccc2c(c1)CCCO2.COC(=O)C(OC(C)(C)C)c1c(C)cc(I)c(C2CC2)c1-c1ccc2c(c1)CCCO2.COC(=O)C(OC(C)(C)C)c1c(C)cc(N)c(C2CC2)c1-c1ccc2c(c1)CCCO2.COC(=O)C(OC(C)(C)C)c1c(C)cc([N+](=O)[O-])c(C2CC2)c1-c1ccc2c(c1)CCCO2. The minimum Gasteiger partial charge on any atom is -0.493 e. The summed E-state index contributed by atoms with van der Waals surface area (Å²) in [4.78, 5) is 63.9. The molecule has 4 aliphatic heterocycles. The van der Waals surface area contributed by atoms with Crippen LogP contribution in [0.4, 0.5) is 11.4 Å². The lowest BCUT2D eigenvalue weighted by molar-refractivity contribution is -0.385. The van der Waals surface area contributed by atoms with E-state index >= 15 is 0 Å². The molecule has 2 N–H and O–H groups in total. The first kappa shape index (κ1) is 96.9. The molecule has 8 aliphatic rings. The van der Waals surface area contributed by atoms with Gasteiger partial charge in [0.05, 0.1) is 82.2 Å². The number of nitrogens with two attached hydrogens (primary N) is 1. The summed E-state index contributed by atoms with van der Waals surface area (Å²) in [6, 6.07) is 43.8. The van der Waals surface area contributed by atoms with E-state index < -0.39 is 58.8 Å². The summed E-state index contributed by atoms with van der Waals surface area (Å²) in [5, 5.41) is 12.1. The second-order valence-electron chi connectivity index (χ2n) is 40.1. The van der Waals surface area contributed by atoms with Gasteiger partial charge in [-0.1, -0.05) is 60.7 Å². The number of aryl methyl sites for hydroxylation is 8. The molecule has 17 rings (SSSR count). The molecular weight excluding hydrogens is 1760 g/mol. The number of nitrogens with zero attached hydrogens (tertiary/aromatic N) is 1. The number of carbonyl (C=O) groups is 4. The van der Waals surface area contributed by atoms with Crippen molar-refractivity contribution in [1.29, 1.82) is 0 Å². The van der Waals surface area contributed by atoms with E-state index in [1.54, 1.807) is 13.0 Å². The zero-order valence-corrected chi connectivity index (χ0v) is 82.3. The van der Waals surface area contributed by atoms with Gasteiger partial charge in [-0.15, -0.1) is 0 Å². The lowest BCUT2D eigenvalue weighted by Crippen LogP contribution is -2.29. The predicted molar refractivity (Wildman–Crippen MR) is 521 cm³/mol. The topological polar surface area (TPSA) is 248 Å². The maximum Gasteiger partial charge on any atom is 0.339 e. The molecule has 4 heterocycles. The average molecular weight is 1900 g/mol. The van der Waals surface area contributed by atoms with Crippen LogP contribution >= 0.6 is 22.6 Å². The van der Waals surface area contributed by atoms with Gasteiger partial charge >= 0.3 is 23.9 Å². The monoisotopic (exact) mass is 1890 g/mol. The van der Waals surface area contributed by atoms with Crippen LogP contribution in [0.5, 0.6) is 23.0 Å². The highest BCUT2D eigenvalue weighted by Gasteiger charge is 2.45. The number of methoxy groups -OCH3 is 4. The molecule has 0 aromatic heterocycles. The van der Waals surface area contributed by atoms with Gasteiger partial charge in [-0.25, -0.2) is 19.2 Å². The molecule has 0 saturated heterocycles. The van der Waals surface area contributed by atoms with Gasteiger partial charge in [0.1, 0.15) is 23.0 Å². The first-order valence-corrected chi connectivity index (χ1v) is 47.7. The summed E-state index contributed by atoms with van der Waals surface area (Å²) in [6.45, 7) is 34.3. The number of anilines is 1. The van der Waals surface area contributed by atoms with Gasteiger partial charge in [-0.2, -0.15) is 0 Å². The largest absolute Gasteiger partial charge is 0.493 e. The van der Waals surface area contributed by atoms with Crippen LogP contribution in [0.2, 0.25) is 0 Å². The lowest BCUT2D eigenvalue weighted by Gasteiger charge is -2.31. The number of nitro groups is 1. The molecule has 4 aliphatic carbocycles. The standard InChI is InChI=1S/C32H36O4.C26H31IO4.C26H31NO6.C26H33NO4/c1-20-18-25(21-10-7-6-8-11-21)28(22-13-14-22)29(24-15-16-26-23(19-24)12-9-17-35-26)27(20)30(31(33)34-5)36-32(2,3)4;1-15-13-19(27)22(16-8-9-16)23(18-10-11-20-17(14-18)7-6-12-30-20)21(15)24(25(28)29-5)31-26(2,3)4;1-15-13-19(27(29)30)22(16-8-9-16)23(18-10-11-20-17(14-18)7-6-12-32-20)21(15)24(25(28)31-5)33-26(2,3)4;1-15-13-19(27)22(16-8-9-16)23(18-10-11-20-17(14-18)7-6-12-30-20)21(15)24(25(28)29-5)31-26(2,3)4/h6-8,10-11,15-16,18-19,22,30H,9,12-14,17H2,1-5H3;10-11,13-14,16,24H,6-9,12H2,1-5H3;10-11,13-14,16,24H,6-9,12H2,1-5H3;10-11,13-14,16,24H,6-9,12,27H2,1-5H3. The third kappa shape index (κ3) is 22.9. The Morgan fingerprint density at radius 3 is 0.977 bits per heavy atom. The summed E-state index contributed by atoms with van der Waals surface area (Å²) >= 11 is 2.45. The molecular formula is C110H131IN2O18. The number of ether oxygens (including phenoxy) is 12. The summed E-state index contributed by atoms with van der Waals surface area (Å²) in [7, 11) is 5.61. The minimum atomic E-state index is -1.00. The van der Waals surface area contributed by atoms with Gasteiger partial charge in [0.25, 0.3) is 5.69 Å². The third-order valence-electron chi connectivity index (χ3n) is 25.0. The number of hydrogen-bond acceptors (Lipinski definition) is 19. The molecule has 4 fully saturated rings. The highest BCUT2D eigenvalue weighted by atomic mass is 127. The Morgan fingerprint density at radius 2 is 0.656 bits per heavy atom. The fourth-order valence-corrected chi connectivity index (χ4v) is 20.1. The third-order valence-corrected chi connectivity index (χ3v) is 25.9. The van der Waals surface area contributed by atoms with E-state index in [9.17, 15) is 29.3 Å². The molecule has 696 valence electrons. The molecule has 0 bridgehead atoms. The van der Waals surface area contributed by atoms with Gasteiger partial charge in [0.15, 0.2) is 24.4 Å². The first-order valence-electron chi connectivity index (χ1n) is 46.6. The van der Waals surface area contributed by atoms with E-state index in [1.807, 2.05) is 120 Å². The Hall–Kier alpha value is -10.2. The first-order chi connectivity index (χ1) is 62.2. The number of fused-ring (bicyclic) bond motifs is 4. The van der Waals surface area contributed by atoms with Crippen molar-refractivity contribution in [1.82, 2.24) is 0 Å². The van der Waals surface area contributed by atoms with Crippen LogP contribution in [0.3, 0.4) is 0 Å². The Balaban J connectivity index is 0.000000141. The maximum atomic E-state index is 13.2. The zero-order chi connectivity index (χ0) is 94.0. The number of benzene rings is 9. The van der Waals surface area contributed by atoms with Crippen molar-refractivity contribution >= 4 is 57.8 Å². The minimum absolute atomic E-state index is 0.0833. The molecule has 4 unspecified atom stereocenters. The van der Waals surface area contributed by atoms with E-state index in [0.717, 1.165) is 227 Å². The van der Waals surface area contributed by atoms with Crippen LogP contribution in [-0.2, 0) is 82.8 Å². The number of rotatable bonds is 22. The van der Waals surface area contributed by atoms with Crippen LogP contribution in [0.15, 0.2) is 127 Å². The van der Waals surface area contributed by atoms with Crippen molar-refractivity contribution < 1.29 is 80.9 Å². The summed E-state index contributed by atoms with van der Waals surface area (Å²) in [5.74, 6) is 3.56. The van der Waals surface area contributed by atoms with Gasteiger partial charge in [-0.05, 0) is 437 Å². The molecule has 4 atom stereocenters. The normalized spacial score (nSPS) is 16.6. The Bertz CT molecular complexity index is 5610. The smallest absolute Gasteiger partial charge is 0.339 e. The Morgan fingerprint density at radius 1 is 0.374 bits per heavy atom. The van der Waals surface area contributed by atoms with Gasteiger partial charge in [0.2, 0.25) is 0 Å². The lowest BCUT2D eigenvalue weighted by atomic mass is 9.81. The van der Waals surface area contributed by atoms with Crippen LogP contribution in [-0.4, -0.2) is 106 Å². The van der Waals surface area contributed by atoms with Crippen LogP contribution < -0.4 is 24.7 Å². The molecule has 0 radical (unpaired) electrons. The number of nitro benzene ring substituents is 1. The van der Waals surface area contributed by atoms with Crippen molar-refractivity contribution in [2.75, 3.05) is 60.6 Å². The fraction of sp³-hybridized carbons (Fsp3) is 0.473. The summed E-state index contributed by atoms with van der Waals surface area (Å²) < 4.78 is 70.7. The summed E-state index contributed by atoms with van der Waals surface area (Å²) in [6.07, 6.45) is 13.0. The molecule has 0 spiro atoms. The van der Waals surface area contributed by atoms with E-state index in [0.29, 0.717) is 41.1 Å². The van der Waals surface area contributed by atoms with Crippen molar-refractivity contribution in [2.24, 2.45) is 0 Å². The number of esters is 4. The molecule has 20 nitrogen and oxygen atoms in total. The number of nitrogen functional groups attached to an aromatic ring is 1. The molecule has 9 aromatic rings. The van der Waals surface area contributed by atoms with Crippen LogP contribution in [0.25, 0.3) is 55.6 Å². The molecule has 0 amide bonds. The van der Waals surface area contributed by atoms with Crippen LogP contribution in [0.1, 0.15) is 297 Å². The molecule has 21 heteroatoms. The van der Waals surface area contributed by atoms with E-state index in [-0.39, 0.29) is 28.5 Å². The predicted octanol–water partition coefficient (Wildman–Crippen LogP) is 25.3. The van der Waals surface area contributed by atoms with Gasteiger partial charge < -0.3 is 62.6 Å². The van der Waals surface area contributed by atoms with Crippen LogP contribution in [0, 0.1) is 41.4 Å². The zero-order valence-electron chi connectivity index (χ0n) is 80.1. The highest BCUT2D eigenvalue weighted by Crippen LogP contribution is 2.58. The van der Waals surface area contributed by atoms with Crippen molar-refractivity contribution in [2.45, 2.75) is 284 Å². The fourth-order valence-electron chi connectivity index (χ4n) is 18.9. The molecule has 131 heavy (non-hydrogen) atoms. The molecule has 4 saturated carbocycles. The van der Waals surface area contributed by atoms with E-state index in [1.165, 1.54) is 83.8 Å². The Kier molecular flexibility index (Phi) is 29.8. The van der Waals surface area contributed by atoms with Gasteiger partial charge in [0, 0.05) is 43.1 Å². The number of hydrogen-bond donors (Lipinski definition) is 1. The van der Waals surface area contributed by atoms with E-state index in [2.05, 4.69) is 127 Å². The second-order valence-corrected chi connectivity index (χ2v) is 41.2. The van der Waals surface area contributed by atoms with Gasteiger partial charge in [-0.3, -0.25) is 10.1 Å². The highest BCUT2D eigenvalue weighted by molar-refractivity contribution is 14.1. The second kappa shape index (κ2) is 40.3. The number of halogens is 1. The maximum absolute atomic E-state index is 13.2.